The van der Waals surface area contributed by atoms with Crippen LogP contribution in [0.5, 0.6) is 11.5 Å². The molecule has 0 aliphatic carbocycles. The molecule has 1 aromatic carbocycles. The Labute approximate surface area is 222 Å². The molecule has 2 aromatic rings. The fraction of sp³-hybridized carbons (Fsp3) is 0.462. The minimum Gasteiger partial charge on any atom is -0.503 e. The van der Waals surface area contributed by atoms with Crippen LogP contribution in [0.2, 0.25) is 0 Å². The number of pyridine rings is 1. The Morgan fingerprint density at radius 1 is 1.05 bits per heavy atom. The van der Waals surface area contributed by atoms with Crippen molar-refractivity contribution in [2.75, 3.05) is 40.8 Å². The zero-order valence-electron chi connectivity index (χ0n) is 20.9. The predicted octanol–water partition coefficient (Wildman–Crippen LogP) is 2.02. The molecular weight excluding hydrogens is 544 g/mol. The first-order valence-corrected chi connectivity index (χ1v) is 12.9. The Kier molecular flexibility index (Phi) is 6.39. The number of nitrogens with zero attached hydrogens (tertiary/aromatic N) is 4. The molecule has 4 heterocycles. The van der Waals surface area contributed by atoms with Crippen LogP contribution in [-0.4, -0.2) is 83.1 Å². The molecule has 196 valence electrons. The number of carbonyl (C=O) groups excluding carboxylic acids is 3. The van der Waals surface area contributed by atoms with E-state index in [9.17, 15) is 24.3 Å². The van der Waals surface area contributed by atoms with Gasteiger partial charge in [0.2, 0.25) is 11.8 Å². The number of likely N-dealkylation sites (tertiary alicyclic amines) is 1. The summed E-state index contributed by atoms with van der Waals surface area (Å²) in [5, 5.41) is 10.3. The van der Waals surface area contributed by atoms with Gasteiger partial charge in [-0.3, -0.25) is 24.2 Å². The lowest BCUT2D eigenvalue weighted by Crippen LogP contribution is -2.67. The van der Waals surface area contributed by atoms with Crippen molar-refractivity contribution in [2.45, 2.75) is 25.3 Å². The molecule has 3 aliphatic heterocycles. The van der Waals surface area contributed by atoms with E-state index in [1.54, 1.807) is 24.3 Å². The third-order valence-electron chi connectivity index (χ3n) is 7.86. The number of fused-ring (bicyclic) bond motifs is 4. The van der Waals surface area contributed by atoms with Crippen LogP contribution in [0.1, 0.15) is 23.6 Å². The van der Waals surface area contributed by atoms with Crippen molar-refractivity contribution in [2.24, 2.45) is 11.3 Å². The van der Waals surface area contributed by atoms with Crippen LogP contribution < -0.4 is 10.3 Å². The average Bonchev–Trinajstić information content (AvgIpc) is 2.88. The summed E-state index contributed by atoms with van der Waals surface area (Å²) < 4.78 is 7.49. The van der Waals surface area contributed by atoms with Gasteiger partial charge in [0.05, 0.1) is 11.6 Å². The lowest BCUT2D eigenvalue weighted by Gasteiger charge is -2.48. The van der Waals surface area contributed by atoms with Crippen LogP contribution >= 0.6 is 15.9 Å². The molecule has 2 bridgehead atoms. The number of phenols is 1. The lowest BCUT2D eigenvalue weighted by molar-refractivity contribution is -0.159. The number of urea groups is 1. The summed E-state index contributed by atoms with van der Waals surface area (Å²) in [4.78, 5) is 56.7. The molecule has 10 nitrogen and oxygen atoms in total. The van der Waals surface area contributed by atoms with Gasteiger partial charge in [0.1, 0.15) is 5.41 Å². The summed E-state index contributed by atoms with van der Waals surface area (Å²) in [6, 6.07) is 7.91. The number of piperidine rings is 1. The molecule has 2 atom stereocenters. The van der Waals surface area contributed by atoms with Gasteiger partial charge in [-0.1, -0.05) is 6.07 Å². The summed E-state index contributed by atoms with van der Waals surface area (Å²) in [5.74, 6) is -0.678. The van der Waals surface area contributed by atoms with Gasteiger partial charge in [-0.2, -0.15) is 0 Å². The first kappa shape index (κ1) is 25.5. The maximum atomic E-state index is 13.8. The van der Waals surface area contributed by atoms with E-state index < -0.39 is 23.3 Å². The van der Waals surface area contributed by atoms with E-state index in [1.807, 2.05) is 10.6 Å². The number of aromatic nitrogens is 1. The molecule has 2 fully saturated rings. The lowest BCUT2D eigenvalue weighted by atomic mass is 9.75. The Bertz CT molecular complexity index is 1330. The van der Waals surface area contributed by atoms with Gasteiger partial charge in [-0.05, 0) is 58.5 Å². The number of amides is 4. The topological polar surface area (TPSA) is 112 Å². The van der Waals surface area contributed by atoms with Crippen molar-refractivity contribution in [3.05, 3.63) is 56.4 Å². The number of carbonyl (C=O) groups is 3. The summed E-state index contributed by atoms with van der Waals surface area (Å²) in [5.41, 5.74) is 0.0122. The van der Waals surface area contributed by atoms with Gasteiger partial charge in [-0.15, -0.1) is 0 Å². The van der Waals surface area contributed by atoms with Gasteiger partial charge in [0.25, 0.3) is 5.56 Å². The Morgan fingerprint density at radius 2 is 1.76 bits per heavy atom. The van der Waals surface area contributed by atoms with Gasteiger partial charge in [0, 0.05) is 58.0 Å². The number of methoxy groups -OCH3 is 1. The summed E-state index contributed by atoms with van der Waals surface area (Å²) in [6.07, 6.45) is 0.957. The van der Waals surface area contributed by atoms with Crippen molar-refractivity contribution in [1.82, 2.24) is 19.3 Å². The molecule has 0 saturated carbocycles. The van der Waals surface area contributed by atoms with E-state index in [1.165, 1.54) is 21.2 Å². The van der Waals surface area contributed by atoms with Gasteiger partial charge < -0.3 is 19.3 Å². The zero-order chi connectivity index (χ0) is 26.6. The van der Waals surface area contributed by atoms with E-state index in [4.69, 9.17) is 4.74 Å². The van der Waals surface area contributed by atoms with E-state index in [0.717, 1.165) is 21.9 Å². The number of hydrogen-bond acceptors (Lipinski definition) is 7. The largest absolute Gasteiger partial charge is 0.503 e. The van der Waals surface area contributed by atoms with Crippen LogP contribution in [-0.2, 0) is 22.6 Å². The van der Waals surface area contributed by atoms with Crippen LogP contribution in [0.4, 0.5) is 4.79 Å². The predicted molar refractivity (Wildman–Crippen MR) is 137 cm³/mol. The van der Waals surface area contributed by atoms with E-state index >= 15 is 0 Å². The van der Waals surface area contributed by atoms with Crippen LogP contribution in [0.3, 0.4) is 0 Å². The quantitative estimate of drug-likeness (QED) is 0.545. The van der Waals surface area contributed by atoms with Crippen molar-refractivity contribution in [1.29, 1.82) is 0 Å². The molecule has 3 aliphatic rings. The molecule has 4 amide bonds. The number of aromatic hydroxyl groups is 1. The first-order chi connectivity index (χ1) is 17.6. The molecule has 1 aromatic heterocycles. The highest BCUT2D eigenvalue weighted by molar-refractivity contribution is 9.10. The molecule has 5 rings (SSSR count). The summed E-state index contributed by atoms with van der Waals surface area (Å²) in [6.45, 7) is 1.94. The molecule has 11 heteroatoms. The fourth-order valence-corrected chi connectivity index (χ4v) is 6.70. The molecule has 0 spiro atoms. The highest BCUT2D eigenvalue weighted by Gasteiger charge is 2.56. The van der Waals surface area contributed by atoms with Gasteiger partial charge in [0.15, 0.2) is 11.5 Å². The molecule has 0 radical (unpaired) electrons. The maximum Gasteiger partial charge on any atom is 0.332 e. The molecule has 37 heavy (non-hydrogen) atoms. The fourth-order valence-electron chi connectivity index (χ4n) is 6.21. The van der Waals surface area contributed by atoms with Gasteiger partial charge >= 0.3 is 6.03 Å². The third-order valence-corrected chi connectivity index (χ3v) is 8.47. The molecular formula is C26H29BrN4O6. The molecule has 1 unspecified atom stereocenters. The van der Waals surface area contributed by atoms with Crippen molar-refractivity contribution < 1.29 is 24.2 Å². The maximum absolute atomic E-state index is 13.8. The van der Waals surface area contributed by atoms with Crippen LogP contribution in [0.25, 0.3) is 0 Å². The minimum atomic E-state index is -1.55. The molecule has 2 saturated heterocycles. The second kappa shape index (κ2) is 9.29. The van der Waals surface area contributed by atoms with Crippen LogP contribution in [0.15, 0.2) is 39.6 Å². The third kappa shape index (κ3) is 4.14. The average molecular weight is 573 g/mol. The Balaban J connectivity index is 1.53. The van der Waals surface area contributed by atoms with Crippen molar-refractivity contribution in [3.63, 3.8) is 0 Å². The Morgan fingerprint density at radius 3 is 2.43 bits per heavy atom. The summed E-state index contributed by atoms with van der Waals surface area (Å²) in [7, 11) is 4.21. The number of barbiturate groups is 1. The second-order valence-corrected chi connectivity index (χ2v) is 11.1. The second-order valence-electron chi connectivity index (χ2n) is 10.3. The van der Waals surface area contributed by atoms with Crippen molar-refractivity contribution in [3.8, 4) is 11.5 Å². The monoisotopic (exact) mass is 572 g/mol. The number of rotatable bonds is 5. The normalized spacial score (nSPS) is 23.3. The van der Waals surface area contributed by atoms with E-state index in [2.05, 4.69) is 20.8 Å². The highest BCUT2D eigenvalue weighted by atomic mass is 79.9. The molecule has 1 N–H and O–H groups in total. The number of imide groups is 2. The standard InChI is InChI=1S/C26H29BrN4O6/c1-28-23(34)26(24(35)29(2)25(28)36,10-15-8-18(27)22(33)20(9-15)37-3)14-30-11-16-7-17(13-30)19-5-4-6-21(32)31(19)12-16/h4-6,8-9,16-17,33H,7,10-14H2,1-3H3/t16-,17?/m0/s1. The number of phenolic OH excluding ortho intramolecular Hbond substituents is 1. The number of ether oxygens (including phenoxy) is 1. The Hall–Kier alpha value is -3.18. The van der Waals surface area contributed by atoms with Crippen LogP contribution in [0, 0.1) is 11.3 Å². The SMILES string of the molecule is COc1cc(CC2(CN3CC4C[C@@H](C3)Cn3c4cccc3=O)C(=O)N(C)C(=O)N(C)C2=O)cc(Br)c1O. The number of halogens is 1. The number of hydrogen-bond donors (Lipinski definition) is 1. The van der Waals surface area contributed by atoms with Gasteiger partial charge in [-0.25, -0.2) is 4.79 Å². The first-order valence-electron chi connectivity index (χ1n) is 12.1. The number of benzene rings is 1. The van der Waals surface area contributed by atoms with Crippen molar-refractivity contribution >= 4 is 33.8 Å². The smallest absolute Gasteiger partial charge is 0.332 e. The highest BCUT2D eigenvalue weighted by Crippen LogP contribution is 2.41. The minimum absolute atomic E-state index is 0.0108. The van der Waals surface area contributed by atoms with E-state index in [-0.39, 0.29) is 41.9 Å². The van der Waals surface area contributed by atoms with E-state index in [0.29, 0.717) is 29.7 Å². The zero-order valence-corrected chi connectivity index (χ0v) is 22.5. The summed E-state index contributed by atoms with van der Waals surface area (Å²) >= 11 is 3.32.